The number of nitrogens with zero attached hydrogens (tertiary/aromatic N) is 5. The van der Waals surface area contributed by atoms with Gasteiger partial charge in [-0.05, 0) is 30.5 Å². The summed E-state index contributed by atoms with van der Waals surface area (Å²) in [6.45, 7) is 0. The number of rotatable bonds is 3. The molecule has 0 N–H and O–H groups in total. The number of fused-ring (bicyclic) bond motifs is 3. The number of hydrogen-bond acceptors (Lipinski definition) is 7. The number of methoxy groups -OCH3 is 1. The van der Waals surface area contributed by atoms with Gasteiger partial charge in [0.1, 0.15) is 12.0 Å². The fourth-order valence-corrected chi connectivity index (χ4v) is 3.12. The second-order valence-electron chi connectivity index (χ2n) is 5.20. The first kappa shape index (κ1) is 15.5. The van der Waals surface area contributed by atoms with Gasteiger partial charge in [0.25, 0.3) is 0 Å². The second kappa shape index (κ2) is 6.14. The number of pyridine rings is 1. The lowest BCUT2D eigenvalue weighted by atomic mass is 10.1. The number of ether oxygens (including phenoxy) is 1. The fourth-order valence-electron chi connectivity index (χ4n) is 2.77. The molecule has 4 aromatic rings. The summed E-state index contributed by atoms with van der Waals surface area (Å²) in [5.41, 5.74) is 3.42. The van der Waals surface area contributed by atoms with Crippen LogP contribution in [-0.2, 0) is 4.74 Å². The van der Waals surface area contributed by atoms with Crippen LogP contribution >= 0.6 is 11.8 Å². The molecule has 0 bridgehead atoms. The molecule has 0 aromatic carbocycles. The highest BCUT2D eigenvalue weighted by Gasteiger charge is 2.18. The molecule has 0 aliphatic heterocycles. The van der Waals surface area contributed by atoms with Crippen LogP contribution in [0.2, 0.25) is 0 Å². The van der Waals surface area contributed by atoms with Crippen LogP contribution in [0.5, 0.6) is 0 Å². The number of aromatic nitrogens is 5. The van der Waals surface area contributed by atoms with Crippen molar-refractivity contribution in [2.45, 2.75) is 5.16 Å². The Morgan fingerprint density at radius 2 is 2.08 bits per heavy atom. The third kappa shape index (κ3) is 2.51. The van der Waals surface area contributed by atoms with Crippen molar-refractivity contribution < 1.29 is 9.53 Å². The summed E-state index contributed by atoms with van der Waals surface area (Å²) < 4.78 is 6.63. The first-order valence-electron chi connectivity index (χ1n) is 7.43. The highest BCUT2D eigenvalue weighted by molar-refractivity contribution is 7.98. The number of thioether (sulfide) groups is 1. The van der Waals surface area contributed by atoms with E-state index in [2.05, 4.69) is 19.9 Å². The zero-order valence-corrected chi connectivity index (χ0v) is 14.3. The van der Waals surface area contributed by atoms with E-state index in [0.717, 1.165) is 27.8 Å². The normalized spacial score (nSPS) is 11.1. The van der Waals surface area contributed by atoms with E-state index >= 15 is 0 Å². The summed E-state index contributed by atoms with van der Waals surface area (Å²) in [5, 5.41) is 1.60. The van der Waals surface area contributed by atoms with Gasteiger partial charge in [-0.1, -0.05) is 11.8 Å². The van der Waals surface area contributed by atoms with Crippen molar-refractivity contribution in [3.63, 3.8) is 0 Å². The Labute approximate surface area is 147 Å². The van der Waals surface area contributed by atoms with Crippen molar-refractivity contribution in [1.82, 2.24) is 24.3 Å². The molecule has 0 aliphatic carbocycles. The van der Waals surface area contributed by atoms with E-state index in [-0.39, 0.29) is 5.69 Å². The Morgan fingerprint density at radius 1 is 1.20 bits per heavy atom. The summed E-state index contributed by atoms with van der Waals surface area (Å²) in [6.07, 6.45) is 6.95. The SMILES string of the molecule is COC(=O)c1cc2c(-c3ccnc(SC)n3)c3cccnc3n2cn1. The highest BCUT2D eigenvalue weighted by Crippen LogP contribution is 2.33. The predicted octanol–water partition coefficient (Wildman–Crippen LogP) is 2.85. The van der Waals surface area contributed by atoms with Crippen molar-refractivity contribution in [1.29, 1.82) is 0 Å². The molecule has 0 atom stereocenters. The maximum atomic E-state index is 11.9. The number of carbonyl (C=O) groups is 1. The first-order valence-corrected chi connectivity index (χ1v) is 8.66. The molecule has 25 heavy (non-hydrogen) atoms. The van der Waals surface area contributed by atoms with E-state index in [0.29, 0.717) is 5.16 Å². The quantitative estimate of drug-likeness (QED) is 0.319. The van der Waals surface area contributed by atoms with Gasteiger partial charge in [-0.3, -0.25) is 4.40 Å². The molecular formula is C17H13N5O2S. The minimum absolute atomic E-state index is 0.234. The first-order chi connectivity index (χ1) is 12.2. The Hall–Kier alpha value is -3.00. The van der Waals surface area contributed by atoms with Crippen molar-refractivity contribution in [3.8, 4) is 11.3 Å². The molecule has 4 aromatic heterocycles. The van der Waals surface area contributed by atoms with E-state index in [1.165, 1.54) is 18.9 Å². The Bertz CT molecular complexity index is 1110. The molecule has 0 unspecified atom stereocenters. The summed E-state index contributed by atoms with van der Waals surface area (Å²) in [5.74, 6) is -0.487. The van der Waals surface area contributed by atoms with E-state index in [1.54, 1.807) is 24.8 Å². The Morgan fingerprint density at radius 3 is 2.88 bits per heavy atom. The van der Waals surface area contributed by atoms with Crippen LogP contribution in [-0.4, -0.2) is 43.7 Å². The van der Waals surface area contributed by atoms with Gasteiger partial charge in [0.15, 0.2) is 10.9 Å². The lowest BCUT2D eigenvalue weighted by molar-refractivity contribution is 0.0594. The third-order valence-corrected chi connectivity index (χ3v) is 4.41. The van der Waals surface area contributed by atoms with E-state index in [1.807, 2.05) is 28.9 Å². The van der Waals surface area contributed by atoms with Crippen LogP contribution in [0.25, 0.3) is 27.8 Å². The topological polar surface area (TPSA) is 82.3 Å². The van der Waals surface area contributed by atoms with Crippen LogP contribution in [0.15, 0.2) is 48.1 Å². The molecule has 0 radical (unpaired) electrons. The van der Waals surface area contributed by atoms with E-state index in [4.69, 9.17) is 4.74 Å². The number of carbonyl (C=O) groups excluding carboxylic acids is 1. The maximum absolute atomic E-state index is 11.9. The van der Waals surface area contributed by atoms with Gasteiger partial charge >= 0.3 is 5.97 Å². The standard InChI is InChI=1S/C17H13N5O2S/c1-24-16(23)12-8-13-14(11-5-7-19-17(21-11)25-2)10-4-3-6-18-15(10)22(13)9-20-12/h3-9H,1-2H3. The van der Waals surface area contributed by atoms with Crippen LogP contribution in [0.4, 0.5) is 0 Å². The van der Waals surface area contributed by atoms with Crippen molar-refractivity contribution in [2.24, 2.45) is 0 Å². The Balaban J connectivity index is 2.09. The van der Waals surface area contributed by atoms with Gasteiger partial charge in [-0.25, -0.2) is 24.7 Å². The van der Waals surface area contributed by atoms with Gasteiger partial charge < -0.3 is 4.74 Å². The van der Waals surface area contributed by atoms with Gasteiger partial charge in [0, 0.05) is 23.3 Å². The van der Waals surface area contributed by atoms with Crippen molar-refractivity contribution in [2.75, 3.05) is 13.4 Å². The molecule has 0 saturated heterocycles. The zero-order valence-electron chi connectivity index (χ0n) is 13.5. The van der Waals surface area contributed by atoms with Crippen molar-refractivity contribution in [3.05, 3.63) is 48.7 Å². The minimum Gasteiger partial charge on any atom is -0.464 e. The summed E-state index contributed by atoms with van der Waals surface area (Å²) >= 11 is 1.47. The van der Waals surface area contributed by atoms with E-state index < -0.39 is 5.97 Å². The van der Waals surface area contributed by atoms with Gasteiger partial charge in [-0.15, -0.1) is 0 Å². The minimum atomic E-state index is -0.487. The molecule has 4 rings (SSSR count). The van der Waals surface area contributed by atoms with Crippen LogP contribution in [0.3, 0.4) is 0 Å². The van der Waals surface area contributed by atoms with Gasteiger partial charge in [0.2, 0.25) is 0 Å². The molecule has 4 heterocycles. The smallest absolute Gasteiger partial charge is 0.356 e. The predicted molar refractivity (Wildman–Crippen MR) is 94.6 cm³/mol. The summed E-state index contributed by atoms with van der Waals surface area (Å²) in [4.78, 5) is 29.3. The summed E-state index contributed by atoms with van der Waals surface area (Å²) in [7, 11) is 1.33. The van der Waals surface area contributed by atoms with Crippen LogP contribution < -0.4 is 0 Å². The average Bonchev–Trinajstić information content (AvgIpc) is 3.01. The average molecular weight is 351 g/mol. The fraction of sp³-hybridized carbons (Fsp3) is 0.118. The molecule has 124 valence electrons. The third-order valence-electron chi connectivity index (χ3n) is 3.85. The molecule has 8 heteroatoms. The molecule has 0 saturated carbocycles. The highest BCUT2D eigenvalue weighted by atomic mass is 32.2. The van der Waals surface area contributed by atoms with Crippen molar-refractivity contribution >= 4 is 34.3 Å². The van der Waals surface area contributed by atoms with E-state index in [9.17, 15) is 4.79 Å². The number of hydrogen-bond donors (Lipinski definition) is 0. The van der Waals surface area contributed by atoms with Crippen LogP contribution in [0, 0.1) is 0 Å². The maximum Gasteiger partial charge on any atom is 0.356 e. The van der Waals surface area contributed by atoms with Gasteiger partial charge in [0.05, 0.1) is 18.3 Å². The molecular weight excluding hydrogens is 338 g/mol. The number of esters is 1. The monoisotopic (exact) mass is 351 g/mol. The summed E-state index contributed by atoms with van der Waals surface area (Å²) in [6, 6.07) is 7.39. The lowest BCUT2D eigenvalue weighted by Crippen LogP contribution is -2.05. The van der Waals surface area contributed by atoms with Crippen LogP contribution in [0.1, 0.15) is 10.5 Å². The van der Waals surface area contributed by atoms with Gasteiger partial charge in [-0.2, -0.15) is 0 Å². The largest absolute Gasteiger partial charge is 0.464 e. The zero-order chi connectivity index (χ0) is 17.4. The molecule has 0 aliphatic rings. The second-order valence-corrected chi connectivity index (χ2v) is 5.97. The molecule has 0 amide bonds. The molecule has 7 nitrogen and oxygen atoms in total. The lowest BCUT2D eigenvalue weighted by Gasteiger charge is -2.03. The Kier molecular flexibility index (Phi) is 3.81. The molecule has 0 spiro atoms. The molecule has 0 fully saturated rings.